The zero-order chi connectivity index (χ0) is 8.69. The van der Waals surface area contributed by atoms with E-state index in [0.29, 0.717) is 5.92 Å². The highest BCUT2D eigenvalue weighted by molar-refractivity contribution is 4.89. The number of rotatable bonds is 0. The van der Waals surface area contributed by atoms with Crippen molar-refractivity contribution in [1.29, 1.82) is 5.26 Å². The van der Waals surface area contributed by atoms with E-state index in [0.717, 1.165) is 19.5 Å². The minimum atomic E-state index is 0.306. The highest BCUT2D eigenvalue weighted by atomic mass is 16.4. The summed E-state index contributed by atoms with van der Waals surface area (Å²) >= 11 is 0. The van der Waals surface area contributed by atoms with E-state index < -0.39 is 0 Å². The van der Waals surface area contributed by atoms with Gasteiger partial charge >= 0.3 is 0 Å². The molecular formula is C8H16N2O. The van der Waals surface area contributed by atoms with E-state index in [1.54, 1.807) is 14.2 Å². The van der Waals surface area contributed by atoms with Crippen LogP contribution in [-0.4, -0.2) is 39.3 Å². The lowest BCUT2D eigenvalue weighted by molar-refractivity contribution is 0.277. The first-order chi connectivity index (χ1) is 5.24. The number of nitriles is 1. The normalized spacial score (nSPS) is 23.6. The average Bonchev–Trinajstić information content (AvgIpc) is 2.37. The number of hydrogen-bond acceptors (Lipinski definition) is 3. The fourth-order valence-corrected chi connectivity index (χ4v) is 1.04. The van der Waals surface area contributed by atoms with E-state index in [9.17, 15) is 0 Å². The van der Waals surface area contributed by atoms with Crippen molar-refractivity contribution >= 4 is 0 Å². The van der Waals surface area contributed by atoms with Gasteiger partial charge in [0.2, 0.25) is 0 Å². The molecule has 0 amide bonds. The van der Waals surface area contributed by atoms with Gasteiger partial charge in [0, 0.05) is 20.8 Å². The molecule has 0 bridgehead atoms. The molecule has 3 nitrogen and oxygen atoms in total. The van der Waals surface area contributed by atoms with Crippen LogP contribution in [0.5, 0.6) is 0 Å². The summed E-state index contributed by atoms with van der Waals surface area (Å²) in [4.78, 5) is 2.19. The molecule has 0 aromatic rings. The van der Waals surface area contributed by atoms with Crippen LogP contribution in [0, 0.1) is 17.2 Å². The van der Waals surface area contributed by atoms with Gasteiger partial charge in [-0.3, -0.25) is 0 Å². The molecule has 64 valence electrons. The summed E-state index contributed by atoms with van der Waals surface area (Å²) in [6.07, 6.45) is 1.06. The Hall–Kier alpha value is -0.590. The minimum absolute atomic E-state index is 0.306. The summed E-state index contributed by atoms with van der Waals surface area (Å²) in [5.41, 5.74) is 0. The molecule has 0 aliphatic carbocycles. The van der Waals surface area contributed by atoms with Crippen LogP contribution in [0.4, 0.5) is 0 Å². The molecule has 1 aliphatic heterocycles. The van der Waals surface area contributed by atoms with Crippen molar-refractivity contribution in [3.05, 3.63) is 0 Å². The largest absolute Gasteiger partial charge is 0.388 e. The van der Waals surface area contributed by atoms with E-state index in [2.05, 4.69) is 22.8 Å². The van der Waals surface area contributed by atoms with Crippen molar-refractivity contribution in [3.63, 3.8) is 0 Å². The van der Waals surface area contributed by atoms with Crippen LogP contribution >= 0.6 is 0 Å². The fourth-order valence-electron chi connectivity index (χ4n) is 1.04. The lowest BCUT2D eigenvalue weighted by Crippen LogP contribution is -2.13. The summed E-state index contributed by atoms with van der Waals surface area (Å²) < 4.78 is 4.25. The van der Waals surface area contributed by atoms with E-state index in [1.165, 1.54) is 0 Å². The Labute approximate surface area is 68.6 Å². The summed E-state index contributed by atoms with van der Waals surface area (Å²) in [7, 11) is 5.30. The summed E-state index contributed by atoms with van der Waals surface area (Å²) in [5, 5.41) is 8.41. The van der Waals surface area contributed by atoms with E-state index in [4.69, 9.17) is 5.26 Å². The van der Waals surface area contributed by atoms with Gasteiger partial charge in [-0.1, -0.05) is 0 Å². The average molecular weight is 156 g/mol. The lowest BCUT2D eigenvalue weighted by Gasteiger charge is -2.02. The smallest absolute Gasteiger partial charge is 0.0669 e. The third-order valence-corrected chi connectivity index (χ3v) is 1.57. The number of ether oxygens (including phenoxy) is 1. The SMILES string of the molecule is CN1CCC(C#N)C1.COC. The Morgan fingerprint density at radius 1 is 1.55 bits per heavy atom. The molecule has 1 unspecified atom stereocenters. The van der Waals surface area contributed by atoms with Crippen LogP contribution in [0.2, 0.25) is 0 Å². The Morgan fingerprint density at radius 3 is 2.27 bits per heavy atom. The van der Waals surface area contributed by atoms with Crippen LogP contribution in [0.25, 0.3) is 0 Å². The molecule has 1 saturated heterocycles. The van der Waals surface area contributed by atoms with Crippen LogP contribution in [0.15, 0.2) is 0 Å². The predicted octanol–water partition coefficient (Wildman–Crippen LogP) is 0.724. The molecule has 1 fully saturated rings. The Morgan fingerprint density at radius 2 is 2.09 bits per heavy atom. The van der Waals surface area contributed by atoms with Crippen LogP contribution in [0.3, 0.4) is 0 Å². The molecule has 0 N–H and O–H groups in total. The number of likely N-dealkylation sites (tertiary alicyclic amines) is 1. The molecule has 0 spiro atoms. The fraction of sp³-hybridized carbons (Fsp3) is 0.875. The standard InChI is InChI=1S/C6H10N2.C2H6O/c1-8-3-2-6(4-7)5-8;1-3-2/h6H,2-3,5H2,1H3;1-2H3. The van der Waals surface area contributed by atoms with Crippen LogP contribution < -0.4 is 0 Å². The van der Waals surface area contributed by atoms with Crippen LogP contribution in [-0.2, 0) is 4.74 Å². The van der Waals surface area contributed by atoms with E-state index in [1.807, 2.05) is 0 Å². The molecule has 1 heterocycles. The maximum Gasteiger partial charge on any atom is 0.0669 e. The van der Waals surface area contributed by atoms with Crippen molar-refractivity contribution < 1.29 is 4.74 Å². The summed E-state index contributed by atoms with van der Waals surface area (Å²) in [6, 6.07) is 2.25. The molecular weight excluding hydrogens is 140 g/mol. The third-order valence-electron chi connectivity index (χ3n) is 1.57. The van der Waals surface area contributed by atoms with Gasteiger partial charge in [0.15, 0.2) is 0 Å². The molecule has 0 aromatic heterocycles. The molecule has 3 heteroatoms. The number of methoxy groups -OCH3 is 1. The molecule has 11 heavy (non-hydrogen) atoms. The summed E-state index contributed by atoms with van der Waals surface area (Å²) in [6.45, 7) is 2.06. The Kier molecular flexibility index (Phi) is 5.81. The minimum Gasteiger partial charge on any atom is -0.388 e. The first-order valence-corrected chi connectivity index (χ1v) is 3.72. The summed E-state index contributed by atoms with van der Waals surface area (Å²) in [5.74, 6) is 0.306. The van der Waals surface area contributed by atoms with Crippen molar-refractivity contribution in [3.8, 4) is 6.07 Å². The molecule has 0 saturated carbocycles. The zero-order valence-corrected chi connectivity index (χ0v) is 7.50. The van der Waals surface area contributed by atoms with Crippen molar-refractivity contribution in [2.75, 3.05) is 34.4 Å². The van der Waals surface area contributed by atoms with Crippen molar-refractivity contribution in [2.45, 2.75) is 6.42 Å². The quantitative estimate of drug-likeness (QED) is 0.518. The molecule has 0 aromatic carbocycles. The number of nitrogens with zero attached hydrogens (tertiary/aromatic N) is 2. The van der Waals surface area contributed by atoms with Gasteiger partial charge in [0.1, 0.15) is 0 Å². The van der Waals surface area contributed by atoms with Crippen molar-refractivity contribution in [2.24, 2.45) is 5.92 Å². The number of hydrogen-bond donors (Lipinski definition) is 0. The second-order valence-corrected chi connectivity index (χ2v) is 2.79. The van der Waals surface area contributed by atoms with Gasteiger partial charge in [-0.15, -0.1) is 0 Å². The second kappa shape index (κ2) is 6.14. The lowest BCUT2D eigenvalue weighted by atomic mass is 10.1. The third kappa shape index (κ3) is 4.77. The molecule has 1 aliphatic rings. The second-order valence-electron chi connectivity index (χ2n) is 2.79. The van der Waals surface area contributed by atoms with E-state index in [-0.39, 0.29) is 0 Å². The topological polar surface area (TPSA) is 36.3 Å². The predicted molar refractivity (Wildman–Crippen MR) is 44.2 cm³/mol. The zero-order valence-electron chi connectivity index (χ0n) is 7.50. The van der Waals surface area contributed by atoms with Gasteiger partial charge in [-0.05, 0) is 20.0 Å². The molecule has 1 atom stereocenters. The van der Waals surface area contributed by atoms with Gasteiger partial charge in [0.05, 0.1) is 12.0 Å². The molecule has 0 radical (unpaired) electrons. The van der Waals surface area contributed by atoms with Gasteiger partial charge in [-0.2, -0.15) is 5.26 Å². The maximum absolute atomic E-state index is 8.41. The van der Waals surface area contributed by atoms with E-state index >= 15 is 0 Å². The van der Waals surface area contributed by atoms with Gasteiger partial charge in [-0.25, -0.2) is 0 Å². The van der Waals surface area contributed by atoms with Crippen LogP contribution in [0.1, 0.15) is 6.42 Å². The Balaban J connectivity index is 0.000000292. The van der Waals surface area contributed by atoms with Gasteiger partial charge in [0.25, 0.3) is 0 Å². The van der Waals surface area contributed by atoms with Crippen molar-refractivity contribution in [1.82, 2.24) is 4.90 Å². The first-order valence-electron chi connectivity index (χ1n) is 3.72. The highest BCUT2D eigenvalue weighted by Crippen LogP contribution is 2.11. The molecule has 1 rings (SSSR count). The monoisotopic (exact) mass is 156 g/mol. The highest BCUT2D eigenvalue weighted by Gasteiger charge is 2.17. The maximum atomic E-state index is 8.41. The van der Waals surface area contributed by atoms with Gasteiger partial charge < -0.3 is 9.64 Å². The Bertz CT molecular complexity index is 131. The first kappa shape index (κ1) is 10.4.